The van der Waals surface area contributed by atoms with E-state index in [1.54, 1.807) is 39.2 Å². The van der Waals surface area contributed by atoms with Gasteiger partial charge >= 0.3 is 6.09 Å². The summed E-state index contributed by atoms with van der Waals surface area (Å²) in [5, 5.41) is 7.07. The van der Waals surface area contributed by atoms with Crippen LogP contribution in [-0.4, -0.2) is 30.7 Å². The zero-order valence-electron chi connectivity index (χ0n) is 11.6. The van der Waals surface area contributed by atoms with Gasteiger partial charge in [-0.05, 0) is 32.2 Å². The van der Waals surface area contributed by atoms with Gasteiger partial charge in [-0.1, -0.05) is 6.07 Å². The highest BCUT2D eigenvalue weighted by Crippen LogP contribution is 2.12. The van der Waals surface area contributed by atoms with Crippen molar-refractivity contribution in [3.8, 4) is 0 Å². The van der Waals surface area contributed by atoms with Crippen LogP contribution in [0.3, 0.4) is 0 Å². The minimum absolute atomic E-state index is 0.237. The van der Waals surface area contributed by atoms with E-state index < -0.39 is 17.7 Å². The molecule has 0 aliphatic rings. The number of hydrogen-bond acceptors (Lipinski definition) is 4. The van der Waals surface area contributed by atoms with Crippen molar-refractivity contribution >= 4 is 23.3 Å². The lowest BCUT2D eigenvalue weighted by atomic mass is 10.1. The van der Waals surface area contributed by atoms with Gasteiger partial charge in [0.15, 0.2) is 0 Å². The Bertz CT molecular complexity index is 424. The summed E-state index contributed by atoms with van der Waals surface area (Å²) in [6.45, 7) is 5.34. The van der Waals surface area contributed by atoms with Gasteiger partial charge in [-0.25, -0.2) is 4.79 Å². The number of ether oxygens (including phenoxy) is 1. The van der Waals surface area contributed by atoms with Crippen LogP contribution in [-0.2, 0) is 16.0 Å². The van der Waals surface area contributed by atoms with Gasteiger partial charge in [0.05, 0.1) is 0 Å². The second-order valence-corrected chi connectivity index (χ2v) is 6.13. The zero-order chi connectivity index (χ0) is 14.5. The van der Waals surface area contributed by atoms with E-state index in [9.17, 15) is 9.59 Å². The topological polar surface area (TPSA) is 67.4 Å². The summed E-state index contributed by atoms with van der Waals surface area (Å²) in [6, 6.07) is 3.21. The fraction of sp³-hybridized carbons (Fsp3) is 0.538. The van der Waals surface area contributed by atoms with Crippen molar-refractivity contribution in [3.05, 3.63) is 22.4 Å². The van der Waals surface area contributed by atoms with Crippen molar-refractivity contribution in [1.82, 2.24) is 10.6 Å². The number of rotatable bonds is 4. The third-order valence-corrected chi connectivity index (χ3v) is 3.14. The van der Waals surface area contributed by atoms with Gasteiger partial charge < -0.3 is 15.4 Å². The lowest BCUT2D eigenvalue weighted by Crippen LogP contribution is -2.48. The monoisotopic (exact) mass is 284 g/mol. The van der Waals surface area contributed by atoms with Crippen LogP contribution >= 0.6 is 11.3 Å². The molecule has 0 saturated carbocycles. The number of amides is 2. The van der Waals surface area contributed by atoms with E-state index in [2.05, 4.69) is 10.6 Å². The van der Waals surface area contributed by atoms with Crippen LogP contribution in [0.15, 0.2) is 17.5 Å². The average molecular weight is 284 g/mol. The summed E-state index contributed by atoms with van der Waals surface area (Å²) in [5.74, 6) is -0.237. The summed E-state index contributed by atoms with van der Waals surface area (Å²) < 4.78 is 5.16. The highest BCUT2D eigenvalue weighted by atomic mass is 32.1. The van der Waals surface area contributed by atoms with E-state index in [1.807, 2.05) is 17.5 Å². The molecular formula is C13H20N2O3S. The van der Waals surface area contributed by atoms with E-state index in [4.69, 9.17) is 4.74 Å². The molecule has 1 unspecified atom stereocenters. The second kappa shape index (κ2) is 6.56. The first-order valence-corrected chi connectivity index (χ1v) is 6.93. The molecular weight excluding hydrogens is 264 g/mol. The molecule has 0 bridgehead atoms. The average Bonchev–Trinajstić information content (AvgIpc) is 2.77. The Balaban J connectivity index is 2.65. The van der Waals surface area contributed by atoms with Crippen molar-refractivity contribution in [1.29, 1.82) is 0 Å². The number of hydrogen-bond donors (Lipinski definition) is 2. The number of likely N-dealkylation sites (N-methyl/N-ethyl adjacent to an activating group) is 1. The summed E-state index contributed by atoms with van der Waals surface area (Å²) >= 11 is 1.55. The van der Waals surface area contributed by atoms with Crippen LogP contribution in [0.25, 0.3) is 0 Å². The Labute approximate surface area is 117 Å². The van der Waals surface area contributed by atoms with Crippen molar-refractivity contribution in [2.45, 2.75) is 38.8 Å². The largest absolute Gasteiger partial charge is 0.444 e. The predicted molar refractivity (Wildman–Crippen MR) is 75.2 cm³/mol. The first-order chi connectivity index (χ1) is 8.81. The van der Waals surface area contributed by atoms with Crippen LogP contribution in [0, 0.1) is 0 Å². The van der Waals surface area contributed by atoms with Crippen molar-refractivity contribution in [2.75, 3.05) is 7.05 Å². The highest BCUT2D eigenvalue weighted by molar-refractivity contribution is 7.09. The Morgan fingerprint density at radius 3 is 2.58 bits per heavy atom. The van der Waals surface area contributed by atoms with Gasteiger partial charge in [-0.3, -0.25) is 4.79 Å². The molecule has 0 aliphatic carbocycles. The molecule has 0 fully saturated rings. The lowest BCUT2D eigenvalue weighted by molar-refractivity contribution is -0.122. The minimum atomic E-state index is -0.626. The summed E-state index contributed by atoms with van der Waals surface area (Å²) in [6.07, 6.45) is -0.131. The van der Waals surface area contributed by atoms with Crippen LogP contribution in [0.5, 0.6) is 0 Å². The number of thiophene rings is 1. The van der Waals surface area contributed by atoms with Gasteiger partial charge in [0.25, 0.3) is 0 Å². The van der Waals surface area contributed by atoms with Gasteiger partial charge in [-0.2, -0.15) is 0 Å². The maximum Gasteiger partial charge on any atom is 0.408 e. The molecule has 106 valence electrons. The fourth-order valence-corrected chi connectivity index (χ4v) is 2.22. The summed E-state index contributed by atoms with van der Waals surface area (Å²) in [4.78, 5) is 24.5. The summed E-state index contributed by atoms with van der Waals surface area (Å²) in [5.41, 5.74) is -0.583. The van der Waals surface area contributed by atoms with Crippen LogP contribution < -0.4 is 10.6 Å². The molecule has 1 atom stereocenters. The van der Waals surface area contributed by atoms with Crippen molar-refractivity contribution in [3.63, 3.8) is 0 Å². The number of nitrogens with one attached hydrogen (secondary N) is 2. The third-order valence-electron chi connectivity index (χ3n) is 2.24. The van der Waals surface area contributed by atoms with Gasteiger partial charge in [-0.15, -0.1) is 11.3 Å². The molecule has 1 aromatic rings. The molecule has 0 spiro atoms. The molecule has 1 aromatic heterocycles. The molecule has 2 amide bonds. The quantitative estimate of drug-likeness (QED) is 0.887. The Hall–Kier alpha value is -1.56. The number of carbonyl (C=O) groups is 2. The number of alkyl carbamates (subject to hydrolysis) is 1. The maximum absolute atomic E-state index is 11.8. The standard InChI is InChI=1S/C13H20N2O3S/c1-13(2,3)18-12(17)15-10(11(16)14-4)8-9-6-5-7-19-9/h5-7,10H,8H2,1-4H3,(H,14,16)(H,15,17). The summed E-state index contributed by atoms with van der Waals surface area (Å²) in [7, 11) is 1.54. The SMILES string of the molecule is CNC(=O)C(Cc1cccs1)NC(=O)OC(C)(C)C. The van der Waals surface area contributed by atoms with E-state index in [1.165, 1.54) is 0 Å². The zero-order valence-corrected chi connectivity index (χ0v) is 12.5. The smallest absolute Gasteiger partial charge is 0.408 e. The van der Waals surface area contributed by atoms with Crippen LogP contribution in [0.4, 0.5) is 4.79 Å². The molecule has 0 radical (unpaired) electrons. The Kier molecular flexibility index (Phi) is 5.35. The first-order valence-electron chi connectivity index (χ1n) is 6.05. The molecule has 5 nitrogen and oxygen atoms in total. The molecule has 19 heavy (non-hydrogen) atoms. The second-order valence-electron chi connectivity index (χ2n) is 5.10. The highest BCUT2D eigenvalue weighted by Gasteiger charge is 2.24. The fourth-order valence-electron chi connectivity index (χ4n) is 1.46. The molecule has 0 saturated heterocycles. The molecule has 2 N–H and O–H groups in total. The third kappa shape index (κ3) is 5.74. The predicted octanol–water partition coefficient (Wildman–Crippen LogP) is 1.93. The van der Waals surface area contributed by atoms with Crippen LogP contribution in [0.2, 0.25) is 0 Å². The maximum atomic E-state index is 11.8. The molecule has 1 heterocycles. The number of carbonyl (C=O) groups excluding carboxylic acids is 2. The van der Waals surface area contributed by atoms with E-state index in [0.717, 1.165) is 4.88 Å². The normalized spacial score (nSPS) is 12.6. The van der Waals surface area contributed by atoms with Gasteiger partial charge in [0, 0.05) is 18.3 Å². The van der Waals surface area contributed by atoms with E-state index >= 15 is 0 Å². The van der Waals surface area contributed by atoms with Gasteiger partial charge in [0.2, 0.25) is 5.91 Å². The molecule has 0 aromatic carbocycles. The molecule has 1 rings (SSSR count). The van der Waals surface area contributed by atoms with Crippen molar-refractivity contribution in [2.24, 2.45) is 0 Å². The minimum Gasteiger partial charge on any atom is -0.444 e. The van der Waals surface area contributed by atoms with Gasteiger partial charge in [0.1, 0.15) is 11.6 Å². The van der Waals surface area contributed by atoms with Crippen molar-refractivity contribution < 1.29 is 14.3 Å². The first kappa shape index (κ1) is 15.5. The van der Waals surface area contributed by atoms with Crippen LogP contribution in [0.1, 0.15) is 25.6 Å². The van der Waals surface area contributed by atoms with E-state index in [0.29, 0.717) is 6.42 Å². The Morgan fingerprint density at radius 2 is 2.11 bits per heavy atom. The molecule has 6 heteroatoms. The molecule has 0 aliphatic heterocycles. The lowest BCUT2D eigenvalue weighted by Gasteiger charge is -2.22. The Morgan fingerprint density at radius 1 is 1.42 bits per heavy atom. The van der Waals surface area contributed by atoms with E-state index in [-0.39, 0.29) is 5.91 Å².